The third-order valence-corrected chi connectivity index (χ3v) is 5.49. The average molecular weight is 460 g/mol. The van der Waals surface area contributed by atoms with Gasteiger partial charge < -0.3 is 20.3 Å². The summed E-state index contributed by atoms with van der Waals surface area (Å²) in [6, 6.07) is 14.4. The summed E-state index contributed by atoms with van der Waals surface area (Å²) in [5, 5.41) is 5.87. The van der Waals surface area contributed by atoms with Crippen molar-refractivity contribution in [3.63, 3.8) is 0 Å². The molecule has 1 saturated carbocycles. The Bertz CT molecular complexity index is 1090. The maximum Gasteiger partial charge on any atom is 0.338 e. The summed E-state index contributed by atoms with van der Waals surface area (Å²) in [5.74, 6) is 4.11. The minimum absolute atomic E-state index is 0.331. The van der Waals surface area contributed by atoms with Gasteiger partial charge in [-0.3, -0.25) is 9.59 Å². The molecule has 1 atom stereocenters. The van der Waals surface area contributed by atoms with Gasteiger partial charge in [0, 0.05) is 37.8 Å². The highest BCUT2D eigenvalue weighted by Gasteiger charge is 2.34. The fraction of sp³-hybridized carbons (Fsp3) is 0.296. The molecule has 0 aliphatic heterocycles. The number of allylic oxidation sites excluding steroid dienone is 1. The summed E-state index contributed by atoms with van der Waals surface area (Å²) in [6.45, 7) is 0.901. The van der Waals surface area contributed by atoms with Crippen molar-refractivity contribution in [2.24, 2.45) is 0 Å². The zero-order valence-electron chi connectivity index (χ0n) is 19.6. The quantitative estimate of drug-likeness (QED) is 0.360. The van der Waals surface area contributed by atoms with Crippen LogP contribution in [0.25, 0.3) is 6.08 Å². The first-order valence-corrected chi connectivity index (χ1v) is 11.1. The topological polar surface area (TPSA) is 87.7 Å². The van der Waals surface area contributed by atoms with E-state index in [2.05, 4.69) is 51.5 Å². The second kappa shape index (κ2) is 11.8. The van der Waals surface area contributed by atoms with E-state index >= 15 is 0 Å². The van der Waals surface area contributed by atoms with Crippen LogP contribution in [-0.2, 0) is 20.9 Å². The number of likely N-dealkylation sites (N-methyl/N-ethyl adjacent to an activating group) is 2. The van der Waals surface area contributed by atoms with Gasteiger partial charge in [-0.05, 0) is 60.4 Å². The number of hydrogen-bond donors (Lipinski definition) is 2. The number of amides is 2. The molecule has 0 spiro atoms. The second-order valence-corrected chi connectivity index (χ2v) is 8.03. The second-order valence-electron chi connectivity index (χ2n) is 8.03. The van der Waals surface area contributed by atoms with Crippen LogP contribution >= 0.6 is 0 Å². The molecule has 1 aliphatic rings. The molecule has 2 aromatic rings. The largest absolute Gasteiger partial charge is 0.467 e. The number of methoxy groups -OCH3 is 1. The Balaban J connectivity index is 1.58. The monoisotopic (exact) mass is 459 g/mol. The molecule has 0 saturated heterocycles. The minimum Gasteiger partial charge on any atom is -0.467 e. The molecule has 1 aliphatic carbocycles. The highest BCUT2D eigenvalue weighted by atomic mass is 16.5. The number of carbonyl (C=O) groups is 3. The SMILES string of the molecule is CNC(=O)C(C(=O)OC)N(C)C(=O)c1ccc(C#C/C=C/c2ccc(CNC3CC3)cc2)cc1. The van der Waals surface area contributed by atoms with E-state index in [0.717, 1.165) is 22.6 Å². The van der Waals surface area contributed by atoms with E-state index in [-0.39, 0.29) is 0 Å². The summed E-state index contributed by atoms with van der Waals surface area (Å²) in [7, 11) is 3.94. The van der Waals surface area contributed by atoms with Gasteiger partial charge in [0.05, 0.1) is 7.11 Å². The fourth-order valence-corrected chi connectivity index (χ4v) is 3.27. The van der Waals surface area contributed by atoms with Crippen molar-refractivity contribution in [3.05, 3.63) is 76.9 Å². The number of carbonyl (C=O) groups excluding carboxylic acids is 3. The Morgan fingerprint density at radius 2 is 1.79 bits per heavy atom. The molecule has 2 amide bonds. The Morgan fingerprint density at radius 1 is 1.12 bits per heavy atom. The molecule has 0 bridgehead atoms. The summed E-state index contributed by atoms with van der Waals surface area (Å²) in [6.07, 6.45) is 6.30. The van der Waals surface area contributed by atoms with Crippen molar-refractivity contribution in [3.8, 4) is 11.8 Å². The van der Waals surface area contributed by atoms with Gasteiger partial charge in [-0.1, -0.05) is 36.1 Å². The van der Waals surface area contributed by atoms with E-state index in [1.807, 2.05) is 6.08 Å². The summed E-state index contributed by atoms with van der Waals surface area (Å²) in [5.41, 5.74) is 3.41. The van der Waals surface area contributed by atoms with Gasteiger partial charge >= 0.3 is 5.97 Å². The van der Waals surface area contributed by atoms with Gasteiger partial charge in [0.2, 0.25) is 6.04 Å². The lowest BCUT2D eigenvalue weighted by molar-refractivity contribution is -0.150. The lowest BCUT2D eigenvalue weighted by Gasteiger charge is -2.24. The lowest BCUT2D eigenvalue weighted by atomic mass is 10.1. The molecule has 1 unspecified atom stereocenters. The van der Waals surface area contributed by atoms with Crippen molar-refractivity contribution in [2.45, 2.75) is 31.5 Å². The Labute approximate surface area is 200 Å². The first kappa shape index (κ1) is 24.7. The lowest BCUT2D eigenvalue weighted by Crippen LogP contribution is -2.51. The molecule has 1 fully saturated rings. The number of hydrogen-bond acceptors (Lipinski definition) is 5. The first-order chi connectivity index (χ1) is 16.4. The summed E-state index contributed by atoms with van der Waals surface area (Å²) >= 11 is 0. The average Bonchev–Trinajstić information content (AvgIpc) is 3.70. The highest BCUT2D eigenvalue weighted by molar-refractivity contribution is 6.07. The molecule has 176 valence electrons. The normalized spacial score (nSPS) is 13.5. The van der Waals surface area contributed by atoms with Gasteiger partial charge in [0.25, 0.3) is 11.8 Å². The third-order valence-electron chi connectivity index (χ3n) is 5.49. The fourth-order valence-electron chi connectivity index (χ4n) is 3.27. The van der Waals surface area contributed by atoms with E-state index in [1.54, 1.807) is 30.3 Å². The molecular formula is C27H29N3O4. The van der Waals surface area contributed by atoms with Crippen LogP contribution in [0, 0.1) is 11.8 Å². The molecule has 7 heteroatoms. The molecule has 2 N–H and O–H groups in total. The molecule has 0 heterocycles. The Morgan fingerprint density at radius 3 is 2.38 bits per heavy atom. The number of nitrogens with one attached hydrogen (secondary N) is 2. The summed E-state index contributed by atoms with van der Waals surface area (Å²) < 4.78 is 4.65. The van der Waals surface area contributed by atoms with Crippen LogP contribution in [0.2, 0.25) is 0 Å². The van der Waals surface area contributed by atoms with Gasteiger partial charge in [0.15, 0.2) is 0 Å². The maximum atomic E-state index is 12.7. The molecular weight excluding hydrogens is 430 g/mol. The van der Waals surface area contributed by atoms with Crippen LogP contribution in [0.4, 0.5) is 0 Å². The van der Waals surface area contributed by atoms with Gasteiger partial charge in [-0.15, -0.1) is 0 Å². The van der Waals surface area contributed by atoms with Crippen molar-refractivity contribution in [2.75, 3.05) is 21.2 Å². The predicted octanol–water partition coefficient (Wildman–Crippen LogP) is 2.36. The standard InChI is InChI=1S/C27H29N3O4/c1-28-25(31)24(27(33)34-3)30(2)26(32)22-14-12-20(13-15-22)7-5-4-6-19-8-10-21(11-9-19)18-29-23-16-17-23/h4,6,8-15,23-24,29H,16-18H2,1-3H3,(H,28,31)/b6-4+. The van der Waals surface area contributed by atoms with Crippen molar-refractivity contribution in [1.82, 2.24) is 15.5 Å². The van der Waals surface area contributed by atoms with E-state index in [1.165, 1.54) is 39.6 Å². The zero-order chi connectivity index (χ0) is 24.5. The van der Waals surface area contributed by atoms with Crippen LogP contribution in [0.5, 0.6) is 0 Å². The smallest absolute Gasteiger partial charge is 0.338 e. The van der Waals surface area contributed by atoms with Gasteiger partial charge in [-0.25, -0.2) is 4.79 Å². The Hall–Kier alpha value is -3.89. The van der Waals surface area contributed by atoms with E-state index in [0.29, 0.717) is 11.6 Å². The van der Waals surface area contributed by atoms with Crippen LogP contribution in [0.1, 0.15) is 39.9 Å². The van der Waals surface area contributed by atoms with Crippen LogP contribution in [-0.4, -0.2) is 56.0 Å². The van der Waals surface area contributed by atoms with Crippen molar-refractivity contribution in [1.29, 1.82) is 0 Å². The molecule has 3 rings (SSSR count). The van der Waals surface area contributed by atoms with Gasteiger partial charge in [0.1, 0.15) is 0 Å². The third kappa shape index (κ3) is 6.80. The van der Waals surface area contributed by atoms with E-state index < -0.39 is 23.8 Å². The number of benzene rings is 2. The highest BCUT2D eigenvalue weighted by Crippen LogP contribution is 2.19. The van der Waals surface area contributed by atoms with Crippen molar-refractivity contribution >= 4 is 23.9 Å². The zero-order valence-corrected chi connectivity index (χ0v) is 19.6. The molecule has 0 radical (unpaired) electrons. The van der Waals surface area contributed by atoms with E-state index in [9.17, 15) is 14.4 Å². The molecule has 2 aromatic carbocycles. The number of nitrogens with zero attached hydrogens (tertiary/aromatic N) is 1. The maximum absolute atomic E-state index is 12.7. The Kier molecular flexibility index (Phi) is 8.60. The van der Waals surface area contributed by atoms with Gasteiger partial charge in [-0.2, -0.15) is 0 Å². The summed E-state index contributed by atoms with van der Waals surface area (Å²) in [4.78, 5) is 37.8. The molecule has 34 heavy (non-hydrogen) atoms. The number of ether oxygens (including phenoxy) is 1. The van der Waals surface area contributed by atoms with E-state index in [4.69, 9.17) is 0 Å². The molecule has 0 aromatic heterocycles. The van der Waals surface area contributed by atoms with Crippen LogP contribution in [0.15, 0.2) is 54.6 Å². The number of rotatable bonds is 8. The van der Waals surface area contributed by atoms with Crippen molar-refractivity contribution < 1.29 is 19.1 Å². The number of esters is 1. The molecule has 7 nitrogen and oxygen atoms in total. The predicted molar refractivity (Wildman–Crippen MR) is 131 cm³/mol. The first-order valence-electron chi connectivity index (χ1n) is 11.1. The van der Waals surface area contributed by atoms with Crippen LogP contribution in [0.3, 0.4) is 0 Å². The van der Waals surface area contributed by atoms with Crippen LogP contribution < -0.4 is 10.6 Å². The minimum atomic E-state index is -1.37.